The quantitative estimate of drug-likeness (QED) is 0.786. The number of rotatable bonds is 2. The molecule has 0 fully saturated rings. The number of carboxylic acids is 1. The maximum atomic E-state index is 10.9. The Morgan fingerprint density at radius 1 is 1.50 bits per heavy atom. The van der Waals surface area contributed by atoms with Crippen LogP contribution in [0.2, 0.25) is 0 Å². The van der Waals surface area contributed by atoms with Crippen LogP contribution in [0.5, 0.6) is 0 Å². The molecule has 14 heavy (non-hydrogen) atoms. The van der Waals surface area contributed by atoms with E-state index in [1.807, 2.05) is 35.7 Å². The number of hydrogen-bond acceptors (Lipinski definition) is 1. The molecule has 0 radical (unpaired) electrons. The minimum absolute atomic E-state index is 0.377. The van der Waals surface area contributed by atoms with Gasteiger partial charge in [-0.05, 0) is 24.6 Å². The van der Waals surface area contributed by atoms with Gasteiger partial charge in [-0.2, -0.15) is 0 Å². The summed E-state index contributed by atoms with van der Waals surface area (Å²) in [5.74, 6) is -0.867. The standard InChI is InChI=1S/C11H11NO2/c1-2-8-7-9(11(13)14)10-5-3-4-6-12(8)10/h3-7H,2H2,1H3,(H,13,14). The molecule has 2 heterocycles. The SMILES string of the molecule is CCc1cc(C(=O)O)c2ccccn12. The van der Waals surface area contributed by atoms with Gasteiger partial charge in [-0.3, -0.25) is 0 Å². The summed E-state index contributed by atoms with van der Waals surface area (Å²) >= 11 is 0. The molecule has 2 rings (SSSR count). The molecule has 2 aromatic rings. The van der Waals surface area contributed by atoms with Gasteiger partial charge in [-0.25, -0.2) is 4.79 Å². The first-order chi connectivity index (χ1) is 6.74. The van der Waals surface area contributed by atoms with Gasteiger partial charge in [0.1, 0.15) is 0 Å². The zero-order valence-corrected chi connectivity index (χ0v) is 7.90. The molecular weight excluding hydrogens is 178 g/mol. The number of hydrogen-bond donors (Lipinski definition) is 1. The first kappa shape index (κ1) is 8.81. The maximum Gasteiger partial charge on any atom is 0.337 e. The van der Waals surface area contributed by atoms with Crippen molar-refractivity contribution >= 4 is 11.5 Å². The van der Waals surface area contributed by atoms with Crippen molar-refractivity contribution in [3.63, 3.8) is 0 Å². The Labute approximate surface area is 81.6 Å². The highest BCUT2D eigenvalue weighted by molar-refractivity contribution is 5.96. The van der Waals surface area contributed by atoms with Crippen LogP contribution < -0.4 is 0 Å². The van der Waals surface area contributed by atoms with Crippen LogP contribution in [0.1, 0.15) is 23.0 Å². The van der Waals surface area contributed by atoms with Crippen molar-refractivity contribution in [3.05, 3.63) is 41.7 Å². The molecule has 3 heteroatoms. The van der Waals surface area contributed by atoms with E-state index in [0.717, 1.165) is 17.6 Å². The molecule has 0 saturated carbocycles. The molecule has 1 N–H and O–H groups in total. The van der Waals surface area contributed by atoms with Gasteiger partial charge in [-0.1, -0.05) is 13.0 Å². The molecule has 2 aromatic heterocycles. The lowest BCUT2D eigenvalue weighted by molar-refractivity contribution is 0.0699. The van der Waals surface area contributed by atoms with Gasteiger partial charge < -0.3 is 9.51 Å². The largest absolute Gasteiger partial charge is 0.478 e. The summed E-state index contributed by atoms with van der Waals surface area (Å²) in [6.45, 7) is 2.01. The summed E-state index contributed by atoms with van der Waals surface area (Å²) in [5.41, 5.74) is 2.16. The van der Waals surface area contributed by atoms with Crippen molar-refractivity contribution in [1.29, 1.82) is 0 Å². The van der Waals surface area contributed by atoms with E-state index >= 15 is 0 Å². The molecule has 0 unspecified atom stereocenters. The van der Waals surface area contributed by atoms with Gasteiger partial charge in [0.2, 0.25) is 0 Å². The first-order valence-corrected chi connectivity index (χ1v) is 4.56. The molecule has 0 aliphatic heterocycles. The third kappa shape index (κ3) is 1.18. The molecule has 0 saturated heterocycles. The summed E-state index contributed by atoms with van der Waals surface area (Å²) in [4.78, 5) is 10.9. The smallest absolute Gasteiger partial charge is 0.337 e. The lowest BCUT2D eigenvalue weighted by Gasteiger charge is -1.97. The maximum absolute atomic E-state index is 10.9. The van der Waals surface area contributed by atoms with E-state index in [9.17, 15) is 4.79 Å². The predicted octanol–water partition coefficient (Wildman–Crippen LogP) is 2.20. The lowest BCUT2D eigenvalue weighted by Crippen LogP contribution is -1.94. The number of aromatic carboxylic acids is 1. The van der Waals surface area contributed by atoms with Crippen LogP contribution in [-0.2, 0) is 6.42 Å². The fraction of sp³-hybridized carbons (Fsp3) is 0.182. The molecule has 0 aliphatic carbocycles. The van der Waals surface area contributed by atoms with Crippen molar-refractivity contribution in [2.24, 2.45) is 0 Å². The predicted molar refractivity (Wildman–Crippen MR) is 53.7 cm³/mol. The molecule has 0 atom stereocenters. The van der Waals surface area contributed by atoms with Crippen LogP contribution in [0.25, 0.3) is 5.52 Å². The second-order valence-corrected chi connectivity index (χ2v) is 3.16. The zero-order valence-electron chi connectivity index (χ0n) is 7.90. The Balaban J connectivity index is 2.80. The Hall–Kier alpha value is -1.77. The Morgan fingerprint density at radius 3 is 2.93 bits per heavy atom. The van der Waals surface area contributed by atoms with Gasteiger partial charge in [0.05, 0.1) is 11.1 Å². The number of carboxylic acid groups (broad SMARTS) is 1. The van der Waals surface area contributed by atoms with Crippen LogP contribution in [0.4, 0.5) is 0 Å². The Morgan fingerprint density at radius 2 is 2.29 bits per heavy atom. The normalized spacial score (nSPS) is 10.6. The van der Waals surface area contributed by atoms with Crippen molar-refractivity contribution in [2.45, 2.75) is 13.3 Å². The highest BCUT2D eigenvalue weighted by Gasteiger charge is 2.12. The van der Waals surface area contributed by atoms with E-state index in [-0.39, 0.29) is 0 Å². The summed E-state index contributed by atoms with van der Waals surface area (Å²) in [6, 6.07) is 7.30. The summed E-state index contributed by atoms with van der Waals surface area (Å²) in [6.07, 6.45) is 2.72. The van der Waals surface area contributed by atoms with Crippen molar-refractivity contribution in [2.75, 3.05) is 0 Å². The number of carbonyl (C=O) groups is 1. The highest BCUT2D eigenvalue weighted by atomic mass is 16.4. The first-order valence-electron chi connectivity index (χ1n) is 4.56. The van der Waals surface area contributed by atoms with Crippen LogP contribution in [-0.4, -0.2) is 15.5 Å². The van der Waals surface area contributed by atoms with Gasteiger partial charge in [0.15, 0.2) is 0 Å². The third-order valence-electron chi connectivity index (χ3n) is 2.35. The fourth-order valence-corrected chi connectivity index (χ4v) is 1.67. The van der Waals surface area contributed by atoms with Crippen LogP contribution in [0.3, 0.4) is 0 Å². The molecule has 0 aromatic carbocycles. The topological polar surface area (TPSA) is 41.7 Å². The van der Waals surface area contributed by atoms with E-state index in [1.165, 1.54) is 0 Å². The molecule has 72 valence electrons. The Bertz CT molecular complexity index is 485. The van der Waals surface area contributed by atoms with E-state index < -0.39 is 5.97 Å². The fourth-order valence-electron chi connectivity index (χ4n) is 1.67. The van der Waals surface area contributed by atoms with E-state index in [1.54, 1.807) is 6.07 Å². The van der Waals surface area contributed by atoms with Crippen molar-refractivity contribution in [1.82, 2.24) is 4.40 Å². The minimum Gasteiger partial charge on any atom is -0.478 e. The number of aromatic nitrogens is 1. The second-order valence-electron chi connectivity index (χ2n) is 3.16. The van der Waals surface area contributed by atoms with Gasteiger partial charge in [0, 0.05) is 11.9 Å². The number of fused-ring (bicyclic) bond motifs is 1. The minimum atomic E-state index is -0.867. The second kappa shape index (κ2) is 3.18. The summed E-state index contributed by atoms with van der Waals surface area (Å²) in [7, 11) is 0. The van der Waals surface area contributed by atoms with E-state index in [4.69, 9.17) is 5.11 Å². The highest BCUT2D eigenvalue weighted by Crippen LogP contribution is 2.17. The van der Waals surface area contributed by atoms with Crippen LogP contribution in [0.15, 0.2) is 30.5 Å². The molecule has 0 aliphatic rings. The van der Waals surface area contributed by atoms with Crippen molar-refractivity contribution in [3.8, 4) is 0 Å². The average molecular weight is 189 g/mol. The van der Waals surface area contributed by atoms with Gasteiger partial charge in [-0.15, -0.1) is 0 Å². The molecule has 0 amide bonds. The third-order valence-corrected chi connectivity index (χ3v) is 2.35. The summed E-state index contributed by atoms with van der Waals surface area (Å²) < 4.78 is 1.92. The molecular formula is C11H11NO2. The summed E-state index contributed by atoms with van der Waals surface area (Å²) in [5, 5.41) is 8.98. The van der Waals surface area contributed by atoms with Crippen LogP contribution in [0, 0.1) is 0 Å². The Kier molecular flexibility index (Phi) is 2.00. The number of nitrogens with zero attached hydrogens (tertiary/aromatic N) is 1. The van der Waals surface area contributed by atoms with E-state index in [0.29, 0.717) is 5.56 Å². The lowest BCUT2D eigenvalue weighted by atomic mass is 10.2. The monoisotopic (exact) mass is 189 g/mol. The number of aryl methyl sites for hydroxylation is 1. The zero-order chi connectivity index (χ0) is 10.1. The molecule has 0 bridgehead atoms. The van der Waals surface area contributed by atoms with Gasteiger partial charge >= 0.3 is 5.97 Å². The van der Waals surface area contributed by atoms with Gasteiger partial charge in [0.25, 0.3) is 0 Å². The number of pyridine rings is 1. The van der Waals surface area contributed by atoms with E-state index in [2.05, 4.69) is 0 Å². The molecule has 3 nitrogen and oxygen atoms in total. The van der Waals surface area contributed by atoms with Crippen molar-refractivity contribution < 1.29 is 9.90 Å². The average Bonchev–Trinajstić information content (AvgIpc) is 2.56. The molecule has 0 spiro atoms. The van der Waals surface area contributed by atoms with Crippen LogP contribution >= 0.6 is 0 Å².